The van der Waals surface area contributed by atoms with E-state index >= 15 is 0 Å². The van der Waals surface area contributed by atoms with Crippen molar-refractivity contribution >= 4 is 0 Å². The molecular formula is C10H21FO4. The molecule has 5 heteroatoms. The number of rotatable bonds is 10. The summed E-state index contributed by atoms with van der Waals surface area (Å²) in [5.41, 5.74) is 0. The van der Waals surface area contributed by atoms with Crippen LogP contribution in [0.5, 0.6) is 0 Å². The number of aliphatic hydroxyl groups is 3. The third-order valence-corrected chi connectivity index (χ3v) is 2.32. The maximum atomic E-state index is 11.2. The first-order valence-electron chi connectivity index (χ1n) is 5.43. The summed E-state index contributed by atoms with van der Waals surface area (Å²) in [5, 5.41) is 27.4. The Balaban J connectivity index is 3.34. The van der Waals surface area contributed by atoms with Gasteiger partial charge in [0.15, 0.2) is 0 Å². The quantitative estimate of drug-likeness (QED) is 0.483. The second kappa shape index (κ2) is 10.3. The molecule has 0 fully saturated rings. The highest BCUT2D eigenvalue weighted by molar-refractivity contribution is 4.67. The fourth-order valence-electron chi connectivity index (χ4n) is 1.37. The Hall–Kier alpha value is -0.230. The minimum atomic E-state index is -0.769. The number of unbranched alkanes of at least 4 members (excludes halogenated alkanes) is 2. The monoisotopic (exact) mass is 224 g/mol. The Bertz CT molecular complexity index is 135. The second-order valence-corrected chi connectivity index (χ2v) is 3.66. The lowest BCUT2D eigenvalue weighted by atomic mass is 10.0. The molecule has 92 valence electrons. The molecule has 0 amide bonds. The Morgan fingerprint density at radius 1 is 0.933 bits per heavy atom. The van der Waals surface area contributed by atoms with Gasteiger partial charge < -0.3 is 15.3 Å². The predicted molar refractivity (Wildman–Crippen MR) is 53.9 cm³/mol. The van der Waals surface area contributed by atoms with E-state index in [1.165, 1.54) is 0 Å². The van der Waals surface area contributed by atoms with E-state index in [2.05, 4.69) is 4.94 Å². The van der Waals surface area contributed by atoms with Gasteiger partial charge >= 0.3 is 0 Å². The van der Waals surface area contributed by atoms with Gasteiger partial charge in [0.2, 0.25) is 0 Å². The summed E-state index contributed by atoms with van der Waals surface area (Å²) in [4.78, 5) is 3.41. The van der Waals surface area contributed by atoms with Gasteiger partial charge in [0.25, 0.3) is 0 Å². The van der Waals surface area contributed by atoms with Crippen molar-refractivity contribution in [2.24, 2.45) is 0 Å². The maximum absolute atomic E-state index is 11.2. The molecule has 0 rings (SSSR count). The lowest BCUT2D eigenvalue weighted by Gasteiger charge is -2.16. The second-order valence-electron chi connectivity index (χ2n) is 3.66. The van der Waals surface area contributed by atoms with Gasteiger partial charge in [-0.3, -0.25) is 0 Å². The van der Waals surface area contributed by atoms with Crippen molar-refractivity contribution in [3.63, 3.8) is 0 Å². The third kappa shape index (κ3) is 8.74. The third-order valence-electron chi connectivity index (χ3n) is 2.32. The van der Waals surface area contributed by atoms with E-state index in [0.717, 1.165) is 12.8 Å². The van der Waals surface area contributed by atoms with Crippen molar-refractivity contribution in [2.45, 2.75) is 50.7 Å². The summed E-state index contributed by atoms with van der Waals surface area (Å²) in [6.45, 7) is 0.112. The van der Waals surface area contributed by atoms with Gasteiger partial charge in [0.1, 0.15) is 0 Å². The number of hydrogen-bond acceptors (Lipinski definition) is 4. The zero-order chi connectivity index (χ0) is 11.5. The van der Waals surface area contributed by atoms with Crippen LogP contribution in [-0.4, -0.2) is 40.7 Å². The molecule has 3 N–H and O–H groups in total. The molecule has 0 aliphatic heterocycles. The standard InChI is InChI=1S/C10H21FO4/c11-15-8-3-1-2-5-9(13)10(14)6-4-7-12/h9-10,12-14H,1-8H2. The molecule has 2 unspecified atom stereocenters. The van der Waals surface area contributed by atoms with Crippen molar-refractivity contribution in [1.29, 1.82) is 0 Å². The Kier molecular flexibility index (Phi) is 10.1. The van der Waals surface area contributed by atoms with Crippen LogP contribution in [0.15, 0.2) is 0 Å². The van der Waals surface area contributed by atoms with Crippen molar-refractivity contribution in [1.82, 2.24) is 0 Å². The zero-order valence-corrected chi connectivity index (χ0v) is 8.94. The van der Waals surface area contributed by atoms with E-state index in [0.29, 0.717) is 25.7 Å². The molecule has 0 aliphatic rings. The molecule has 0 aromatic rings. The van der Waals surface area contributed by atoms with Crippen LogP contribution < -0.4 is 0 Å². The summed E-state index contributed by atoms with van der Waals surface area (Å²) in [6, 6.07) is 0. The smallest absolute Gasteiger partial charge is 0.0876 e. The zero-order valence-electron chi connectivity index (χ0n) is 8.94. The first kappa shape index (κ1) is 14.8. The summed E-state index contributed by atoms with van der Waals surface area (Å²) in [5.74, 6) is 0. The highest BCUT2D eigenvalue weighted by Gasteiger charge is 2.14. The first-order valence-corrected chi connectivity index (χ1v) is 5.43. The topological polar surface area (TPSA) is 69.9 Å². The van der Waals surface area contributed by atoms with E-state index in [1.54, 1.807) is 0 Å². The molecule has 0 heterocycles. The van der Waals surface area contributed by atoms with Crippen LogP contribution in [0.1, 0.15) is 38.5 Å². The average molecular weight is 224 g/mol. The van der Waals surface area contributed by atoms with E-state index in [1.807, 2.05) is 0 Å². The van der Waals surface area contributed by atoms with Gasteiger partial charge in [-0.25, -0.2) is 0 Å². The van der Waals surface area contributed by atoms with Gasteiger partial charge in [-0.05, 0) is 30.2 Å². The molecular weight excluding hydrogens is 203 g/mol. The van der Waals surface area contributed by atoms with Crippen LogP contribution in [0.25, 0.3) is 0 Å². The molecule has 15 heavy (non-hydrogen) atoms. The van der Waals surface area contributed by atoms with Crippen molar-refractivity contribution in [3.8, 4) is 0 Å². The number of hydrogen-bond donors (Lipinski definition) is 3. The van der Waals surface area contributed by atoms with E-state index in [9.17, 15) is 14.7 Å². The number of aliphatic hydroxyl groups excluding tert-OH is 3. The van der Waals surface area contributed by atoms with Crippen molar-refractivity contribution in [2.75, 3.05) is 13.2 Å². The van der Waals surface area contributed by atoms with Crippen LogP contribution >= 0.6 is 0 Å². The molecule has 0 aliphatic carbocycles. The normalized spacial score (nSPS) is 15.2. The Morgan fingerprint density at radius 3 is 2.07 bits per heavy atom. The molecule has 0 spiro atoms. The van der Waals surface area contributed by atoms with E-state index in [4.69, 9.17) is 5.11 Å². The molecule has 2 atom stereocenters. The fourth-order valence-corrected chi connectivity index (χ4v) is 1.37. The van der Waals surface area contributed by atoms with E-state index < -0.39 is 12.2 Å². The van der Waals surface area contributed by atoms with Gasteiger partial charge in [-0.1, -0.05) is 12.8 Å². The summed E-state index contributed by atoms with van der Waals surface area (Å²) in [7, 11) is 0. The van der Waals surface area contributed by atoms with Crippen LogP contribution in [0.4, 0.5) is 4.53 Å². The van der Waals surface area contributed by atoms with Crippen LogP contribution in [0.2, 0.25) is 0 Å². The van der Waals surface area contributed by atoms with Gasteiger partial charge in [-0.2, -0.15) is 4.94 Å². The molecule has 0 aromatic carbocycles. The van der Waals surface area contributed by atoms with Crippen LogP contribution in [0.3, 0.4) is 0 Å². The van der Waals surface area contributed by atoms with Crippen LogP contribution in [0, 0.1) is 0 Å². The molecule has 0 aromatic heterocycles. The van der Waals surface area contributed by atoms with Gasteiger partial charge in [0.05, 0.1) is 18.8 Å². The van der Waals surface area contributed by atoms with Crippen molar-refractivity contribution < 1.29 is 24.8 Å². The lowest BCUT2D eigenvalue weighted by Crippen LogP contribution is -2.25. The molecule has 0 saturated carbocycles. The summed E-state index contributed by atoms with van der Waals surface area (Å²) in [6.07, 6.45) is 2.01. The average Bonchev–Trinajstić information content (AvgIpc) is 2.25. The summed E-state index contributed by atoms with van der Waals surface area (Å²) < 4.78 is 11.2. The SMILES string of the molecule is OCCCC(O)C(O)CCCCCOF. The molecule has 0 saturated heterocycles. The summed E-state index contributed by atoms with van der Waals surface area (Å²) >= 11 is 0. The molecule has 0 bridgehead atoms. The number of halogens is 1. The Labute approximate surface area is 89.6 Å². The van der Waals surface area contributed by atoms with Crippen LogP contribution in [-0.2, 0) is 4.94 Å². The lowest BCUT2D eigenvalue weighted by molar-refractivity contribution is -0.133. The van der Waals surface area contributed by atoms with Gasteiger partial charge in [-0.15, -0.1) is 0 Å². The van der Waals surface area contributed by atoms with Gasteiger partial charge in [0, 0.05) is 6.61 Å². The molecule has 4 nitrogen and oxygen atoms in total. The minimum absolute atomic E-state index is 0.0254. The maximum Gasteiger partial charge on any atom is 0.0876 e. The minimum Gasteiger partial charge on any atom is -0.396 e. The first-order chi connectivity index (χ1) is 7.22. The van der Waals surface area contributed by atoms with E-state index in [-0.39, 0.29) is 13.2 Å². The largest absolute Gasteiger partial charge is 0.396 e. The van der Waals surface area contributed by atoms with Crippen molar-refractivity contribution in [3.05, 3.63) is 0 Å². The predicted octanol–water partition coefficient (Wildman–Crippen LogP) is 0.942. The highest BCUT2D eigenvalue weighted by atomic mass is 19.3. The molecule has 0 radical (unpaired) electrons. The highest BCUT2D eigenvalue weighted by Crippen LogP contribution is 2.10. The fraction of sp³-hybridized carbons (Fsp3) is 1.00. The Morgan fingerprint density at radius 2 is 1.53 bits per heavy atom.